The van der Waals surface area contributed by atoms with Gasteiger partial charge >= 0.3 is 0 Å². The highest BCUT2D eigenvalue weighted by Gasteiger charge is 2.21. The van der Waals surface area contributed by atoms with E-state index in [1.807, 2.05) is 6.07 Å². The van der Waals surface area contributed by atoms with Crippen LogP contribution in [0.3, 0.4) is 0 Å². The van der Waals surface area contributed by atoms with Gasteiger partial charge in [-0.3, -0.25) is 4.21 Å². The molecule has 1 aromatic heterocycles. The third-order valence-corrected chi connectivity index (χ3v) is 4.27. The Kier molecular flexibility index (Phi) is 3.65. The van der Waals surface area contributed by atoms with E-state index in [2.05, 4.69) is 10.3 Å². The molecule has 1 saturated heterocycles. The Bertz CT molecular complexity index is 435. The van der Waals surface area contributed by atoms with Crippen LogP contribution in [0.4, 0.5) is 0 Å². The molecular weight excluding hydrogens is 222 g/mol. The van der Waals surface area contributed by atoms with E-state index in [0.717, 1.165) is 25.9 Å². The number of nitrogens with zero attached hydrogens (tertiary/aromatic N) is 2. The smallest absolute Gasteiger partial charge is 0.128 e. The van der Waals surface area contributed by atoms with Crippen molar-refractivity contribution in [1.29, 1.82) is 5.26 Å². The second-order valence-corrected chi connectivity index (χ2v) is 5.44. The van der Waals surface area contributed by atoms with Gasteiger partial charge < -0.3 is 5.32 Å². The Labute approximate surface area is 97.2 Å². The van der Waals surface area contributed by atoms with Gasteiger partial charge in [0.25, 0.3) is 0 Å². The summed E-state index contributed by atoms with van der Waals surface area (Å²) in [7, 11) is -1.11. The highest BCUT2D eigenvalue weighted by Crippen LogP contribution is 2.15. The lowest BCUT2D eigenvalue weighted by molar-refractivity contribution is 0.519. The number of nitriles is 1. The van der Waals surface area contributed by atoms with Crippen molar-refractivity contribution >= 4 is 10.8 Å². The molecule has 0 bridgehead atoms. The van der Waals surface area contributed by atoms with Crippen LogP contribution in [0.15, 0.2) is 23.4 Å². The summed E-state index contributed by atoms with van der Waals surface area (Å²) >= 11 is 0. The number of nitrogens with one attached hydrogen (secondary N) is 1. The van der Waals surface area contributed by atoms with Crippen molar-refractivity contribution in [1.82, 2.24) is 10.3 Å². The number of aromatic nitrogens is 1. The summed E-state index contributed by atoms with van der Waals surface area (Å²) < 4.78 is 12.2. The summed E-state index contributed by atoms with van der Waals surface area (Å²) in [5.74, 6) is 0. The molecule has 2 rings (SSSR count). The zero-order chi connectivity index (χ0) is 11.4. The molecule has 1 aliphatic heterocycles. The zero-order valence-electron chi connectivity index (χ0n) is 8.85. The summed E-state index contributed by atoms with van der Waals surface area (Å²) in [6.07, 6.45) is 3.55. The molecule has 84 valence electrons. The topological polar surface area (TPSA) is 65.8 Å². The van der Waals surface area contributed by atoms with Gasteiger partial charge in [-0.05, 0) is 31.5 Å². The number of hydrogen-bond donors (Lipinski definition) is 1. The molecule has 0 unspecified atom stereocenters. The van der Waals surface area contributed by atoms with Crippen LogP contribution < -0.4 is 5.32 Å². The summed E-state index contributed by atoms with van der Waals surface area (Å²) in [5.41, 5.74) is 0.516. The van der Waals surface area contributed by atoms with Crippen LogP contribution in [0.25, 0.3) is 0 Å². The predicted molar refractivity (Wildman–Crippen MR) is 61.3 cm³/mol. The Balaban J connectivity index is 2.16. The van der Waals surface area contributed by atoms with Gasteiger partial charge in [-0.25, -0.2) is 4.98 Å². The molecule has 1 aromatic rings. The van der Waals surface area contributed by atoms with Crippen molar-refractivity contribution in [2.45, 2.75) is 23.1 Å². The van der Waals surface area contributed by atoms with E-state index in [1.165, 1.54) is 0 Å². The first-order valence-electron chi connectivity index (χ1n) is 5.28. The number of piperidine rings is 1. The normalized spacial score (nSPS) is 22.3. The van der Waals surface area contributed by atoms with E-state index >= 15 is 0 Å². The second-order valence-electron chi connectivity index (χ2n) is 3.76. The van der Waals surface area contributed by atoms with E-state index < -0.39 is 10.8 Å². The maximum atomic E-state index is 12.2. The van der Waals surface area contributed by atoms with Crippen LogP contribution >= 0.6 is 0 Å². The quantitative estimate of drug-likeness (QED) is 0.824. The molecule has 1 N–H and O–H groups in total. The van der Waals surface area contributed by atoms with E-state index in [9.17, 15) is 4.21 Å². The largest absolute Gasteiger partial charge is 0.316 e. The molecule has 2 atom stereocenters. The molecule has 1 aliphatic rings. The van der Waals surface area contributed by atoms with Gasteiger partial charge in [-0.15, -0.1) is 0 Å². The SMILES string of the molecule is N#Cc1ccnc([S@@](=O)[C@H]2CCCNC2)c1. The summed E-state index contributed by atoms with van der Waals surface area (Å²) in [4.78, 5) is 4.08. The van der Waals surface area contributed by atoms with Crippen LogP contribution in [0.1, 0.15) is 18.4 Å². The number of rotatable bonds is 2. The monoisotopic (exact) mass is 235 g/mol. The fourth-order valence-electron chi connectivity index (χ4n) is 1.76. The van der Waals surface area contributed by atoms with Gasteiger partial charge in [0.15, 0.2) is 0 Å². The predicted octanol–water partition coefficient (Wildman–Crippen LogP) is 0.813. The lowest BCUT2D eigenvalue weighted by atomic mass is 10.2. The summed E-state index contributed by atoms with van der Waals surface area (Å²) in [6, 6.07) is 5.28. The minimum Gasteiger partial charge on any atom is -0.316 e. The maximum absolute atomic E-state index is 12.2. The molecule has 5 heteroatoms. The molecule has 0 amide bonds. The van der Waals surface area contributed by atoms with E-state index in [-0.39, 0.29) is 5.25 Å². The first-order valence-corrected chi connectivity index (χ1v) is 6.50. The van der Waals surface area contributed by atoms with Gasteiger partial charge in [0.1, 0.15) is 5.03 Å². The molecule has 2 heterocycles. The molecule has 0 aliphatic carbocycles. The van der Waals surface area contributed by atoms with Gasteiger partial charge in [-0.1, -0.05) is 0 Å². The zero-order valence-corrected chi connectivity index (χ0v) is 9.67. The lowest BCUT2D eigenvalue weighted by Crippen LogP contribution is -2.36. The summed E-state index contributed by atoms with van der Waals surface area (Å²) in [5, 5.41) is 12.6. The van der Waals surface area contributed by atoms with Crippen LogP contribution in [0.5, 0.6) is 0 Å². The summed E-state index contributed by atoms with van der Waals surface area (Å²) in [6.45, 7) is 1.77. The molecule has 16 heavy (non-hydrogen) atoms. The highest BCUT2D eigenvalue weighted by atomic mass is 32.2. The number of hydrogen-bond acceptors (Lipinski definition) is 4. The van der Waals surface area contributed by atoms with Crippen molar-refractivity contribution in [3.05, 3.63) is 23.9 Å². The molecule has 4 nitrogen and oxygen atoms in total. The van der Waals surface area contributed by atoms with Crippen LogP contribution in [0.2, 0.25) is 0 Å². The molecular formula is C11H13N3OS. The Morgan fingerprint density at radius 3 is 3.19 bits per heavy atom. The van der Waals surface area contributed by atoms with E-state index in [0.29, 0.717) is 10.6 Å². The van der Waals surface area contributed by atoms with Crippen molar-refractivity contribution in [3.63, 3.8) is 0 Å². The molecule has 0 aromatic carbocycles. The van der Waals surface area contributed by atoms with Crippen molar-refractivity contribution in [2.24, 2.45) is 0 Å². The first kappa shape index (κ1) is 11.2. The second kappa shape index (κ2) is 5.19. The van der Waals surface area contributed by atoms with Crippen LogP contribution in [-0.2, 0) is 10.8 Å². The van der Waals surface area contributed by atoms with Gasteiger partial charge in [0.05, 0.1) is 27.7 Å². The van der Waals surface area contributed by atoms with Crippen LogP contribution in [0, 0.1) is 11.3 Å². The van der Waals surface area contributed by atoms with Gasteiger partial charge in [-0.2, -0.15) is 5.26 Å². The molecule has 1 fully saturated rings. The lowest BCUT2D eigenvalue weighted by Gasteiger charge is -2.21. The van der Waals surface area contributed by atoms with Crippen molar-refractivity contribution in [2.75, 3.05) is 13.1 Å². The van der Waals surface area contributed by atoms with Gasteiger partial charge in [0.2, 0.25) is 0 Å². The number of pyridine rings is 1. The third kappa shape index (κ3) is 2.46. The average Bonchev–Trinajstić information content (AvgIpc) is 2.39. The Morgan fingerprint density at radius 1 is 1.62 bits per heavy atom. The fraction of sp³-hybridized carbons (Fsp3) is 0.455. The molecule has 0 spiro atoms. The van der Waals surface area contributed by atoms with Crippen molar-refractivity contribution in [3.8, 4) is 6.07 Å². The third-order valence-electron chi connectivity index (χ3n) is 2.62. The Morgan fingerprint density at radius 2 is 2.50 bits per heavy atom. The Hall–Kier alpha value is -1.25. The highest BCUT2D eigenvalue weighted by molar-refractivity contribution is 7.85. The van der Waals surface area contributed by atoms with E-state index in [4.69, 9.17) is 5.26 Å². The van der Waals surface area contributed by atoms with Crippen molar-refractivity contribution < 1.29 is 4.21 Å². The fourth-order valence-corrected chi connectivity index (χ4v) is 3.16. The maximum Gasteiger partial charge on any atom is 0.128 e. The van der Waals surface area contributed by atoms with Crippen LogP contribution in [-0.4, -0.2) is 27.5 Å². The minimum atomic E-state index is -1.11. The molecule has 0 radical (unpaired) electrons. The minimum absolute atomic E-state index is 0.121. The van der Waals surface area contributed by atoms with E-state index in [1.54, 1.807) is 18.3 Å². The van der Waals surface area contributed by atoms with Gasteiger partial charge in [0, 0.05) is 12.7 Å². The average molecular weight is 235 g/mol. The standard InChI is InChI=1S/C11H13N3OS/c12-7-9-3-5-14-11(6-9)16(15)10-2-1-4-13-8-10/h3,5-6,10,13H,1-2,4,8H2/t10-,16-/m0/s1. The molecule has 0 saturated carbocycles. The first-order chi connectivity index (χ1) is 7.81.